The molecule has 1 aliphatic heterocycles. The third kappa shape index (κ3) is 3.93. The van der Waals surface area contributed by atoms with Crippen molar-refractivity contribution < 1.29 is 8.82 Å². The number of hydrogen-bond acceptors (Lipinski definition) is 2. The molecule has 0 aliphatic carbocycles. The smallest absolute Gasteiger partial charge is 0.191 e. The van der Waals surface area contributed by atoms with Crippen molar-refractivity contribution >= 4 is 8.32 Å². The Bertz CT molecular complexity index is 484. The topological polar surface area (TPSA) is 21.3 Å². The van der Waals surface area contributed by atoms with Crippen LogP contribution >= 0.6 is 0 Å². The molecular weight excluding hydrogens is 281 g/mol. The van der Waals surface area contributed by atoms with Gasteiger partial charge in [0.2, 0.25) is 0 Å². The molecule has 0 spiro atoms. The molecule has 0 bridgehead atoms. The van der Waals surface area contributed by atoms with Gasteiger partial charge in [0.1, 0.15) is 5.82 Å². The van der Waals surface area contributed by atoms with Crippen LogP contribution in [0.25, 0.3) is 0 Å². The highest BCUT2D eigenvalue weighted by atomic mass is 28.4. The van der Waals surface area contributed by atoms with Gasteiger partial charge in [-0.05, 0) is 35.8 Å². The lowest BCUT2D eigenvalue weighted by atomic mass is 9.89. The molecule has 1 fully saturated rings. The normalized spacial score (nSPS) is 23.5. The molecule has 1 aromatic carbocycles. The van der Waals surface area contributed by atoms with Gasteiger partial charge in [-0.25, -0.2) is 4.39 Å². The average Bonchev–Trinajstić information content (AvgIpc) is 2.83. The van der Waals surface area contributed by atoms with E-state index in [1.807, 2.05) is 6.07 Å². The van der Waals surface area contributed by atoms with Crippen LogP contribution in [0.15, 0.2) is 24.3 Å². The summed E-state index contributed by atoms with van der Waals surface area (Å²) in [6, 6.07) is 7.00. The maximum atomic E-state index is 13.4. The van der Waals surface area contributed by atoms with Crippen molar-refractivity contribution in [3.05, 3.63) is 35.6 Å². The zero-order valence-corrected chi connectivity index (χ0v) is 14.9. The molecule has 2 nitrogen and oxygen atoms in total. The van der Waals surface area contributed by atoms with E-state index in [-0.39, 0.29) is 10.9 Å². The molecule has 1 heterocycles. The Morgan fingerprint density at radius 1 is 1.29 bits per heavy atom. The van der Waals surface area contributed by atoms with Crippen LogP contribution in [-0.4, -0.2) is 28.0 Å². The van der Waals surface area contributed by atoms with Gasteiger partial charge in [0, 0.05) is 31.5 Å². The Morgan fingerprint density at radius 2 is 2.00 bits per heavy atom. The second kappa shape index (κ2) is 6.19. The molecule has 0 aromatic heterocycles. The van der Waals surface area contributed by atoms with Gasteiger partial charge in [-0.15, -0.1) is 0 Å². The van der Waals surface area contributed by atoms with Crippen molar-refractivity contribution in [1.29, 1.82) is 0 Å². The van der Waals surface area contributed by atoms with Crippen molar-refractivity contribution in [3.8, 4) is 0 Å². The van der Waals surface area contributed by atoms with E-state index in [1.54, 1.807) is 12.1 Å². The van der Waals surface area contributed by atoms with Crippen molar-refractivity contribution in [2.75, 3.05) is 19.7 Å². The first-order valence-electron chi connectivity index (χ1n) is 7.81. The lowest BCUT2D eigenvalue weighted by molar-refractivity contribution is 0.227. The minimum absolute atomic E-state index is 0.150. The molecule has 118 valence electrons. The summed E-state index contributed by atoms with van der Waals surface area (Å²) in [6.45, 7) is 14.0. The fourth-order valence-corrected chi connectivity index (χ4v) is 3.63. The largest absolute Gasteiger partial charge is 0.416 e. The van der Waals surface area contributed by atoms with Gasteiger partial charge in [-0.2, -0.15) is 0 Å². The third-order valence-corrected chi connectivity index (χ3v) is 9.58. The molecule has 2 unspecified atom stereocenters. The summed E-state index contributed by atoms with van der Waals surface area (Å²) in [5.41, 5.74) is 1.09. The zero-order valence-electron chi connectivity index (χ0n) is 13.9. The Labute approximate surface area is 129 Å². The molecule has 1 N–H and O–H groups in total. The van der Waals surface area contributed by atoms with Gasteiger partial charge in [0.15, 0.2) is 8.32 Å². The number of halogens is 1. The predicted octanol–water partition coefficient (Wildman–Crippen LogP) is 4.15. The Hall–Kier alpha value is -0.713. The van der Waals surface area contributed by atoms with E-state index in [1.165, 1.54) is 6.07 Å². The first kappa shape index (κ1) is 16.7. The highest BCUT2D eigenvalue weighted by Crippen LogP contribution is 2.38. The molecule has 4 heteroatoms. The van der Waals surface area contributed by atoms with E-state index >= 15 is 0 Å². The maximum Gasteiger partial charge on any atom is 0.191 e. The van der Waals surface area contributed by atoms with Crippen LogP contribution in [0.2, 0.25) is 18.1 Å². The van der Waals surface area contributed by atoms with Crippen molar-refractivity contribution in [3.63, 3.8) is 0 Å². The maximum absolute atomic E-state index is 13.4. The van der Waals surface area contributed by atoms with Crippen molar-refractivity contribution in [2.45, 2.75) is 44.8 Å². The summed E-state index contributed by atoms with van der Waals surface area (Å²) in [5.74, 6) is 0.634. The highest BCUT2D eigenvalue weighted by Gasteiger charge is 2.39. The van der Waals surface area contributed by atoms with Gasteiger partial charge < -0.3 is 9.74 Å². The fraction of sp³-hybridized carbons (Fsp3) is 0.647. The molecule has 21 heavy (non-hydrogen) atoms. The van der Waals surface area contributed by atoms with Crippen molar-refractivity contribution in [1.82, 2.24) is 5.32 Å². The minimum atomic E-state index is -1.72. The Kier molecular flexibility index (Phi) is 4.91. The van der Waals surface area contributed by atoms with E-state index in [2.05, 4.69) is 39.2 Å². The number of rotatable bonds is 4. The lowest BCUT2D eigenvalue weighted by Crippen LogP contribution is -2.42. The van der Waals surface area contributed by atoms with Gasteiger partial charge in [-0.1, -0.05) is 32.9 Å². The molecule has 1 aliphatic rings. The summed E-state index contributed by atoms with van der Waals surface area (Å²) < 4.78 is 19.8. The summed E-state index contributed by atoms with van der Waals surface area (Å²) in [7, 11) is -1.72. The van der Waals surface area contributed by atoms with Crippen LogP contribution in [0, 0.1) is 11.7 Å². The van der Waals surface area contributed by atoms with Crippen LogP contribution in [0.3, 0.4) is 0 Å². The minimum Gasteiger partial charge on any atom is -0.416 e. The molecule has 1 saturated heterocycles. The van der Waals surface area contributed by atoms with Crippen LogP contribution in [0.5, 0.6) is 0 Å². The average molecular weight is 310 g/mol. The summed E-state index contributed by atoms with van der Waals surface area (Å²) in [4.78, 5) is 0. The van der Waals surface area contributed by atoms with Crippen LogP contribution in [0.4, 0.5) is 4.39 Å². The first-order valence-corrected chi connectivity index (χ1v) is 10.7. The quantitative estimate of drug-likeness (QED) is 0.844. The second-order valence-corrected chi connectivity index (χ2v) is 12.5. The van der Waals surface area contributed by atoms with Crippen LogP contribution < -0.4 is 5.32 Å². The second-order valence-electron chi connectivity index (χ2n) is 7.65. The van der Waals surface area contributed by atoms with Gasteiger partial charge in [0.25, 0.3) is 0 Å². The number of nitrogens with one attached hydrogen (secondary N) is 1. The fourth-order valence-electron chi connectivity index (χ4n) is 2.57. The third-order valence-electron chi connectivity index (χ3n) is 5.08. The Balaban J connectivity index is 2.03. The van der Waals surface area contributed by atoms with Crippen molar-refractivity contribution in [2.24, 2.45) is 5.92 Å². The summed E-state index contributed by atoms with van der Waals surface area (Å²) in [5, 5.41) is 3.66. The predicted molar refractivity (Wildman–Crippen MR) is 88.6 cm³/mol. The lowest BCUT2D eigenvalue weighted by Gasteiger charge is -2.37. The molecular formula is C17H28FNOSi. The standard InChI is InChI=1S/C17H28FNOSi/c1-17(2,3)21(4,5)20-12-14-10-19-11-16(14)13-7-6-8-15(18)9-13/h6-9,14,16,19H,10-12H2,1-5H3. The SMILES string of the molecule is CC(C)(C)[Si](C)(C)OCC1CNCC1c1cccc(F)c1. The molecule has 2 atom stereocenters. The van der Waals surface area contributed by atoms with Gasteiger partial charge in [-0.3, -0.25) is 0 Å². The molecule has 0 radical (unpaired) electrons. The monoisotopic (exact) mass is 309 g/mol. The van der Waals surface area contributed by atoms with Crippen LogP contribution in [-0.2, 0) is 4.43 Å². The number of benzene rings is 1. The Morgan fingerprint density at radius 3 is 2.62 bits per heavy atom. The molecule has 0 amide bonds. The highest BCUT2D eigenvalue weighted by molar-refractivity contribution is 6.74. The van der Waals surface area contributed by atoms with Gasteiger partial charge in [0.05, 0.1) is 0 Å². The van der Waals surface area contributed by atoms with E-state index in [4.69, 9.17) is 4.43 Å². The van der Waals surface area contributed by atoms with E-state index < -0.39 is 8.32 Å². The zero-order chi connectivity index (χ0) is 15.7. The van der Waals surface area contributed by atoms with Crippen LogP contribution in [0.1, 0.15) is 32.3 Å². The summed E-state index contributed by atoms with van der Waals surface area (Å²) in [6.07, 6.45) is 0. The van der Waals surface area contributed by atoms with Gasteiger partial charge >= 0.3 is 0 Å². The molecule has 1 aromatic rings. The number of hydrogen-bond donors (Lipinski definition) is 1. The molecule has 0 saturated carbocycles. The first-order chi connectivity index (χ1) is 9.71. The van der Waals surface area contributed by atoms with E-state index in [9.17, 15) is 4.39 Å². The van der Waals surface area contributed by atoms with E-state index in [0.717, 1.165) is 25.3 Å². The van der Waals surface area contributed by atoms with E-state index in [0.29, 0.717) is 11.8 Å². The molecule has 2 rings (SSSR count). The summed E-state index contributed by atoms with van der Waals surface area (Å²) >= 11 is 0.